The summed E-state index contributed by atoms with van der Waals surface area (Å²) in [6.07, 6.45) is 3.35. The largest absolute Gasteiger partial charge is 0.461 e. The Labute approximate surface area is 138 Å². The monoisotopic (exact) mass is 314 g/mol. The molecule has 1 aromatic carbocycles. The summed E-state index contributed by atoms with van der Waals surface area (Å²) in [5.41, 5.74) is 2.59. The summed E-state index contributed by atoms with van der Waals surface area (Å²) in [6, 6.07) is 6.37. The summed E-state index contributed by atoms with van der Waals surface area (Å²) >= 11 is 0. The van der Waals surface area contributed by atoms with Crippen molar-refractivity contribution >= 4 is 12.3 Å². The Morgan fingerprint density at radius 1 is 1.26 bits per heavy atom. The van der Waals surface area contributed by atoms with Gasteiger partial charge in [-0.2, -0.15) is 0 Å². The zero-order valence-corrected chi connectivity index (χ0v) is 14.5. The van der Waals surface area contributed by atoms with Gasteiger partial charge in [-0.3, -0.25) is 9.59 Å². The van der Waals surface area contributed by atoms with Gasteiger partial charge in [0.05, 0.1) is 0 Å². The van der Waals surface area contributed by atoms with Crippen molar-refractivity contribution in [2.75, 3.05) is 0 Å². The first-order valence-electron chi connectivity index (χ1n) is 8.61. The van der Waals surface area contributed by atoms with E-state index in [2.05, 4.69) is 39.0 Å². The van der Waals surface area contributed by atoms with Gasteiger partial charge in [0.2, 0.25) is 0 Å². The number of ether oxygens (including phenoxy) is 1. The van der Waals surface area contributed by atoms with Crippen molar-refractivity contribution < 1.29 is 14.3 Å². The van der Waals surface area contributed by atoms with Crippen LogP contribution in [0.3, 0.4) is 0 Å². The Balaban J connectivity index is 2.12. The highest BCUT2D eigenvalue weighted by Gasteiger charge is 2.55. The van der Waals surface area contributed by atoms with Crippen molar-refractivity contribution in [1.82, 2.24) is 0 Å². The third-order valence-corrected chi connectivity index (χ3v) is 6.21. The summed E-state index contributed by atoms with van der Waals surface area (Å²) in [5, 5.41) is 0. The molecule has 1 aromatic rings. The molecule has 2 aliphatic carbocycles. The lowest BCUT2D eigenvalue weighted by atomic mass is 9.53. The van der Waals surface area contributed by atoms with Gasteiger partial charge < -0.3 is 4.74 Å². The molecule has 0 N–H and O–H groups in total. The van der Waals surface area contributed by atoms with Gasteiger partial charge >= 0.3 is 0 Å². The number of rotatable bonds is 3. The SMILES string of the molecule is CC(C)c1ccc2c(c1)C(=O)C[C@H]1[C@](C)(OC=O)CCC[C@]21C. The molecular formula is C20H26O3. The Bertz CT molecular complexity index is 648. The van der Waals surface area contributed by atoms with E-state index in [1.807, 2.05) is 6.92 Å². The maximum absolute atomic E-state index is 12.8. The maximum atomic E-state index is 12.8. The van der Waals surface area contributed by atoms with Gasteiger partial charge in [-0.1, -0.05) is 32.9 Å². The second-order valence-corrected chi connectivity index (χ2v) is 7.94. The number of carbonyl (C=O) groups is 2. The van der Waals surface area contributed by atoms with Crippen molar-refractivity contribution in [1.29, 1.82) is 0 Å². The number of fused-ring (bicyclic) bond motifs is 3. The van der Waals surface area contributed by atoms with Crippen LogP contribution in [-0.2, 0) is 14.9 Å². The van der Waals surface area contributed by atoms with Gasteiger partial charge in [0.1, 0.15) is 5.60 Å². The van der Waals surface area contributed by atoms with Crippen molar-refractivity contribution in [3.8, 4) is 0 Å². The number of carbonyl (C=O) groups excluding carboxylic acids is 2. The molecule has 0 aromatic heterocycles. The van der Waals surface area contributed by atoms with Gasteiger partial charge in [-0.05, 0) is 49.3 Å². The Hall–Kier alpha value is -1.64. The quantitative estimate of drug-likeness (QED) is 0.777. The average molecular weight is 314 g/mol. The molecule has 0 heterocycles. The standard InChI is InChI=1S/C20H26O3/c1-13(2)14-6-7-16-15(10-14)17(22)11-18-19(16,3)8-5-9-20(18,4)23-12-21/h6-7,10,12-13,18H,5,8-9,11H2,1-4H3/t18-,19-,20-/m1/s1. The third kappa shape index (κ3) is 2.41. The van der Waals surface area contributed by atoms with E-state index in [1.54, 1.807) is 0 Å². The molecule has 3 atom stereocenters. The predicted octanol–water partition coefficient (Wildman–Crippen LogP) is 4.39. The number of benzene rings is 1. The highest BCUT2D eigenvalue weighted by molar-refractivity contribution is 5.99. The second kappa shape index (κ2) is 5.47. The molecular weight excluding hydrogens is 288 g/mol. The van der Waals surface area contributed by atoms with Gasteiger partial charge in [0.25, 0.3) is 6.47 Å². The van der Waals surface area contributed by atoms with Crippen molar-refractivity contribution in [2.24, 2.45) is 5.92 Å². The highest BCUT2D eigenvalue weighted by atomic mass is 16.5. The smallest absolute Gasteiger partial charge is 0.293 e. The molecule has 0 unspecified atom stereocenters. The fraction of sp³-hybridized carbons (Fsp3) is 0.600. The Morgan fingerprint density at radius 3 is 2.65 bits per heavy atom. The minimum atomic E-state index is -0.543. The summed E-state index contributed by atoms with van der Waals surface area (Å²) in [6.45, 7) is 9.08. The van der Waals surface area contributed by atoms with E-state index in [0.717, 1.165) is 30.4 Å². The van der Waals surface area contributed by atoms with Crippen molar-refractivity contribution in [3.63, 3.8) is 0 Å². The van der Waals surface area contributed by atoms with E-state index in [4.69, 9.17) is 4.74 Å². The first kappa shape index (κ1) is 16.2. The molecule has 1 saturated carbocycles. The molecule has 3 rings (SSSR count). The molecule has 23 heavy (non-hydrogen) atoms. The molecule has 0 amide bonds. The zero-order chi connectivity index (χ0) is 16.8. The van der Waals surface area contributed by atoms with Crippen LogP contribution in [0.1, 0.15) is 80.8 Å². The van der Waals surface area contributed by atoms with Crippen LogP contribution in [0, 0.1) is 5.92 Å². The minimum Gasteiger partial charge on any atom is -0.461 e. The van der Waals surface area contributed by atoms with Crippen LogP contribution in [0.5, 0.6) is 0 Å². The predicted molar refractivity (Wildman–Crippen MR) is 89.7 cm³/mol. The summed E-state index contributed by atoms with van der Waals surface area (Å²) in [4.78, 5) is 23.8. The first-order valence-corrected chi connectivity index (χ1v) is 8.61. The molecule has 0 bridgehead atoms. The van der Waals surface area contributed by atoms with E-state index in [-0.39, 0.29) is 17.1 Å². The van der Waals surface area contributed by atoms with Crippen LogP contribution in [0.15, 0.2) is 18.2 Å². The molecule has 0 saturated heterocycles. The number of hydrogen-bond donors (Lipinski definition) is 0. The van der Waals surface area contributed by atoms with E-state index in [9.17, 15) is 9.59 Å². The summed E-state index contributed by atoms with van der Waals surface area (Å²) < 4.78 is 5.50. The normalized spacial score (nSPS) is 33.1. The lowest BCUT2D eigenvalue weighted by molar-refractivity contribution is -0.157. The van der Waals surface area contributed by atoms with Gasteiger partial charge in [-0.25, -0.2) is 0 Å². The van der Waals surface area contributed by atoms with Crippen LogP contribution >= 0.6 is 0 Å². The van der Waals surface area contributed by atoms with Crippen LogP contribution < -0.4 is 0 Å². The first-order chi connectivity index (χ1) is 10.8. The fourth-order valence-corrected chi connectivity index (χ4v) is 4.79. The number of hydrogen-bond acceptors (Lipinski definition) is 3. The molecule has 0 aliphatic heterocycles. The lowest BCUT2D eigenvalue weighted by Gasteiger charge is -2.53. The van der Waals surface area contributed by atoms with Crippen molar-refractivity contribution in [3.05, 3.63) is 34.9 Å². The molecule has 124 valence electrons. The topological polar surface area (TPSA) is 43.4 Å². The van der Waals surface area contributed by atoms with E-state index in [0.29, 0.717) is 18.8 Å². The van der Waals surface area contributed by atoms with Gasteiger partial charge in [-0.15, -0.1) is 0 Å². The van der Waals surface area contributed by atoms with Gasteiger partial charge in [0, 0.05) is 23.3 Å². The molecule has 0 radical (unpaired) electrons. The van der Waals surface area contributed by atoms with Gasteiger partial charge in [0.15, 0.2) is 5.78 Å². The van der Waals surface area contributed by atoms with Crippen LogP contribution in [0.4, 0.5) is 0 Å². The number of ketones is 1. The van der Waals surface area contributed by atoms with Crippen molar-refractivity contribution in [2.45, 2.75) is 70.3 Å². The molecule has 0 spiro atoms. The zero-order valence-electron chi connectivity index (χ0n) is 14.5. The Kier molecular flexibility index (Phi) is 3.86. The molecule has 3 nitrogen and oxygen atoms in total. The summed E-state index contributed by atoms with van der Waals surface area (Å²) in [7, 11) is 0. The van der Waals surface area contributed by atoms with Crippen LogP contribution in [-0.4, -0.2) is 17.9 Å². The second-order valence-electron chi connectivity index (χ2n) is 7.94. The average Bonchev–Trinajstić information content (AvgIpc) is 2.50. The van der Waals surface area contributed by atoms with E-state index < -0.39 is 5.60 Å². The Morgan fingerprint density at radius 2 is 2.00 bits per heavy atom. The van der Waals surface area contributed by atoms with Crippen LogP contribution in [0.25, 0.3) is 0 Å². The molecule has 1 fully saturated rings. The minimum absolute atomic E-state index is 0.0545. The molecule has 3 heteroatoms. The highest BCUT2D eigenvalue weighted by Crippen LogP contribution is 2.54. The fourth-order valence-electron chi connectivity index (χ4n) is 4.79. The summed E-state index contributed by atoms with van der Waals surface area (Å²) in [5.74, 6) is 0.653. The maximum Gasteiger partial charge on any atom is 0.293 e. The lowest BCUT2D eigenvalue weighted by Crippen LogP contribution is -2.55. The number of Topliss-reactive ketones (excluding diaryl/α,β-unsaturated/α-hetero) is 1. The van der Waals surface area contributed by atoms with Crippen LogP contribution in [0.2, 0.25) is 0 Å². The molecule has 2 aliphatic rings. The van der Waals surface area contributed by atoms with E-state index >= 15 is 0 Å². The third-order valence-electron chi connectivity index (χ3n) is 6.21. The van der Waals surface area contributed by atoms with E-state index in [1.165, 1.54) is 5.56 Å².